The minimum atomic E-state index is -1.42. The van der Waals surface area contributed by atoms with Gasteiger partial charge in [0.05, 0.1) is 30.5 Å². The number of hydrogen-bond donors (Lipinski definition) is 6. The van der Waals surface area contributed by atoms with E-state index in [0.29, 0.717) is 6.42 Å². The quantitative estimate of drug-likeness (QED) is 0.0572. The number of ether oxygens (including phenoxy) is 1. The molecule has 248 valence electrons. The number of carboxylic acids is 1. The number of aliphatic hydroxyl groups is 5. The first-order chi connectivity index (χ1) is 19.8. The molecule has 0 heterocycles. The van der Waals surface area contributed by atoms with Gasteiger partial charge in [-0.05, 0) is 19.3 Å². The van der Waals surface area contributed by atoms with Gasteiger partial charge in [0, 0.05) is 47.9 Å². The Morgan fingerprint density at radius 1 is 0.841 bits per heavy atom. The number of allylic oxidation sites excluding steroid dienone is 3. The molecule has 0 aromatic rings. The van der Waals surface area contributed by atoms with Crippen molar-refractivity contribution < 1.29 is 96.3 Å². The van der Waals surface area contributed by atoms with Crippen LogP contribution in [0.15, 0.2) is 48.6 Å². The summed E-state index contributed by atoms with van der Waals surface area (Å²) in [6.07, 6.45) is 4.07. The SMILES string of the molecule is C=C/C=C\[C@H](C)C(OC(N)=O)C(C)C(O)C(C)C/C(C)=C\[C@H](C)[C@@H](O)[C@@H](C)/C=C\[C@@H](O)C[C@H](O)C(C)C(O)C(C)C(=O)[O-].[K+]. The van der Waals surface area contributed by atoms with E-state index in [-0.39, 0.29) is 81.5 Å². The summed E-state index contributed by atoms with van der Waals surface area (Å²) in [5, 5.41) is 63.8. The first-order valence-electron chi connectivity index (χ1n) is 15.1. The summed E-state index contributed by atoms with van der Waals surface area (Å²) in [5.74, 6) is -4.75. The van der Waals surface area contributed by atoms with Gasteiger partial charge in [-0.1, -0.05) is 97.1 Å². The molecule has 0 rings (SSSR count). The van der Waals surface area contributed by atoms with E-state index in [1.165, 1.54) is 19.9 Å². The first-order valence-corrected chi connectivity index (χ1v) is 15.1. The van der Waals surface area contributed by atoms with Crippen LogP contribution in [-0.2, 0) is 9.53 Å². The maximum atomic E-state index is 11.5. The molecule has 0 saturated heterocycles. The van der Waals surface area contributed by atoms with E-state index < -0.39 is 66.4 Å². The zero-order chi connectivity index (χ0) is 33.6. The smallest absolute Gasteiger partial charge is 0.550 e. The average Bonchev–Trinajstić information content (AvgIpc) is 2.94. The normalized spacial score (nSPS) is 21.4. The van der Waals surface area contributed by atoms with Crippen molar-refractivity contribution in [1.29, 1.82) is 0 Å². The van der Waals surface area contributed by atoms with E-state index >= 15 is 0 Å². The summed E-state index contributed by atoms with van der Waals surface area (Å²) in [5.41, 5.74) is 6.25. The van der Waals surface area contributed by atoms with Crippen LogP contribution in [-0.4, -0.2) is 74.2 Å². The molecule has 13 atom stereocenters. The van der Waals surface area contributed by atoms with Gasteiger partial charge < -0.3 is 45.9 Å². The molecule has 0 spiro atoms. The Morgan fingerprint density at radius 3 is 1.91 bits per heavy atom. The molecular formula is C33H56KNO9. The van der Waals surface area contributed by atoms with Crippen molar-refractivity contribution in [2.75, 3.05) is 0 Å². The van der Waals surface area contributed by atoms with Crippen molar-refractivity contribution in [3.05, 3.63) is 48.6 Å². The van der Waals surface area contributed by atoms with E-state index in [2.05, 4.69) is 6.58 Å². The predicted molar refractivity (Wildman–Crippen MR) is 165 cm³/mol. The van der Waals surface area contributed by atoms with E-state index in [0.717, 1.165) is 5.57 Å². The number of hydrogen-bond acceptors (Lipinski definition) is 9. The van der Waals surface area contributed by atoms with Gasteiger partial charge in [-0.2, -0.15) is 0 Å². The molecule has 7 N–H and O–H groups in total. The molecule has 0 aromatic heterocycles. The Morgan fingerprint density at radius 2 is 1.41 bits per heavy atom. The summed E-state index contributed by atoms with van der Waals surface area (Å²) in [4.78, 5) is 22.5. The molecule has 11 heteroatoms. The first kappa shape index (κ1) is 45.3. The van der Waals surface area contributed by atoms with Crippen molar-refractivity contribution >= 4 is 12.1 Å². The van der Waals surface area contributed by atoms with E-state index in [1.807, 2.05) is 46.8 Å². The van der Waals surface area contributed by atoms with Crippen molar-refractivity contribution in [3.8, 4) is 0 Å². The van der Waals surface area contributed by atoms with Gasteiger partial charge in [0.1, 0.15) is 6.10 Å². The van der Waals surface area contributed by atoms with Gasteiger partial charge in [0.25, 0.3) is 0 Å². The summed E-state index contributed by atoms with van der Waals surface area (Å²) in [6, 6.07) is 0. The maximum Gasteiger partial charge on any atom is 1.00 e. The Labute approximate surface area is 306 Å². The second-order valence-electron chi connectivity index (χ2n) is 12.3. The van der Waals surface area contributed by atoms with Crippen molar-refractivity contribution in [3.63, 3.8) is 0 Å². The van der Waals surface area contributed by atoms with E-state index in [9.17, 15) is 40.2 Å². The zero-order valence-corrected chi connectivity index (χ0v) is 31.2. The second-order valence-corrected chi connectivity index (χ2v) is 12.3. The third-order valence-electron chi connectivity index (χ3n) is 8.38. The Bertz CT molecular complexity index is 956. The van der Waals surface area contributed by atoms with Crippen LogP contribution in [0, 0.1) is 41.4 Å². The van der Waals surface area contributed by atoms with Gasteiger partial charge in [-0.3, -0.25) is 0 Å². The molecule has 0 radical (unpaired) electrons. The van der Waals surface area contributed by atoms with Crippen LogP contribution >= 0.6 is 0 Å². The second kappa shape index (κ2) is 22.6. The molecule has 7 unspecified atom stereocenters. The van der Waals surface area contributed by atoms with Crippen LogP contribution in [0.2, 0.25) is 0 Å². The topological polar surface area (TPSA) is 194 Å². The van der Waals surface area contributed by atoms with Gasteiger partial charge >= 0.3 is 57.5 Å². The number of nitrogens with two attached hydrogens (primary N) is 1. The minimum absolute atomic E-state index is 0. The fourth-order valence-electron chi connectivity index (χ4n) is 5.41. The van der Waals surface area contributed by atoms with Crippen LogP contribution in [0.1, 0.15) is 68.2 Å². The Hall–Kier alpha value is -0.864. The summed E-state index contributed by atoms with van der Waals surface area (Å²) < 4.78 is 5.34. The number of aliphatic hydroxyl groups excluding tert-OH is 5. The molecule has 0 aliphatic heterocycles. The van der Waals surface area contributed by atoms with Crippen LogP contribution < -0.4 is 62.2 Å². The van der Waals surface area contributed by atoms with Crippen molar-refractivity contribution in [1.82, 2.24) is 0 Å². The number of rotatable bonds is 20. The molecule has 0 bridgehead atoms. The van der Waals surface area contributed by atoms with Crippen molar-refractivity contribution in [2.45, 2.75) is 105 Å². The molecule has 0 aliphatic rings. The van der Waals surface area contributed by atoms with Gasteiger partial charge in [-0.25, -0.2) is 4.79 Å². The monoisotopic (exact) mass is 649 g/mol. The molecular weight excluding hydrogens is 593 g/mol. The number of aliphatic carboxylic acids is 1. The molecule has 0 aromatic carbocycles. The summed E-state index contributed by atoms with van der Waals surface area (Å²) in [6.45, 7) is 17.6. The van der Waals surface area contributed by atoms with Crippen LogP contribution in [0.5, 0.6) is 0 Å². The van der Waals surface area contributed by atoms with Crippen molar-refractivity contribution in [2.24, 2.45) is 47.2 Å². The molecule has 0 aliphatic carbocycles. The van der Waals surface area contributed by atoms with Gasteiger partial charge in [-0.15, -0.1) is 0 Å². The van der Waals surface area contributed by atoms with E-state index in [4.69, 9.17) is 10.5 Å². The third kappa shape index (κ3) is 16.1. The van der Waals surface area contributed by atoms with Crippen LogP contribution in [0.4, 0.5) is 4.79 Å². The fourth-order valence-corrected chi connectivity index (χ4v) is 5.41. The predicted octanol–water partition coefficient (Wildman–Crippen LogP) is -0.514. The average molecular weight is 650 g/mol. The number of amides is 1. The van der Waals surface area contributed by atoms with Crippen LogP contribution in [0.25, 0.3) is 0 Å². The summed E-state index contributed by atoms with van der Waals surface area (Å²) >= 11 is 0. The van der Waals surface area contributed by atoms with E-state index in [1.54, 1.807) is 25.2 Å². The number of carbonyl (C=O) groups excluding carboxylic acids is 2. The van der Waals surface area contributed by atoms with Gasteiger partial charge in [0.15, 0.2) is 0 Å². The third-order valence-corrected chi connectivity index (χ3v) is 8.38. The number of carboxylic acid groups (broad SMARTS) is 1. The fraction of sp³-hybridized carbons (Fsp3) is 0.697. The van der Waals surface area contributed by atoms with Crippen LogP contribution in [0.3, 0.4) is 0 Å². The summed E-state index contributed by atoms with van der Waals surface area (Å²) in [7, 11) is 0. The standard InChI is InChI=1S/C33H57NO9.K/c1-10-11-12-20(4)31(43-33(34)42)24(8)29(38)22(6)16-18(2)15-21(5)28(37)19(3)13-14-26(35)17-27(36)23(7)30(39)25(9)32(40)41;/h10-15,19-31,35-39H,1,16-17H2,2-9H3,(H2,34,42)(H,40,41);/q;+1/p-1/b12-11-,14-13-,18-15-;/t19-,20-,21-,22?,23?,24?,25?,26+,27-,28-,29?,30?,31?;/m0./s1. The molecule has 44 heavy (non-hydrogen) atoms. The molecule has 0 fully saturated rings. The molecule has 0 saturated carbocycles. The molecule has 10 nitrogen and oxygen atoms in total. The maximum absolute atomic E-state index is 11.5. The minimum Gasteiger partial charge on any atom is -0.550 e. The molecule has 1 amide bonds. The largest absolute Gasteiger partial charge is 1.00 e. The number of primary amides is 1. The van der Waals surface area contributed by atoms with Gasteiger partial charge in [0.2, 0.25) is 0 Å². The Balaban J connectivity index is 0. The zero-order valence-electron chi connectivity index (χ0n) is 28.0. The Kier molecular flexibility index (Phi) is 23.3. The number of carbonyl (C=O) groups is 2.